The van der Waals surface area contributed by atoms with Crippen molar-refractivity contribution in [2.24, 2.45) is 0 Å². The number of amides is 2. The van der Waals surface area contributed by atoms with Gasteiger partial charge in [0.1, 0.15) is 16.8 Å². The second-order valence-electron chi connectivity index (χ2n) is 6.83. The number of thiophene rings is 1. The van der Waals surface area contributed by atoms with Crippen LogP contribution in [0.3, 0.4) is 0 Å². The SMILES string of the molecule is CCc1cc(C#N)c(NC(=O)c2ccc(N3CCN(C(C)=O)CC3)c([N+](=O)[O-])c2)s1. The van der Waals surface area contributed by atoms with Crippen molar-refractivity contribution < 1.29 is 14.5 Å². The Labute approximate surface area is 177 Å². The van der Waals surface area contributed by atoms with Gasteiger partial charge in [-0.15, -0.1) is 11.3 Å². The third-order valence-electron chi connectivity index (χ3n) is 4.98. The van der Waals surface area contributed by atoms with Crippen molar-refractivity contribution in [1.29, 1.82) is 5.26 Å². The molecular weight excluding hydrogens is 406 g/mol. The van der Waals surface area contributed by atoms with Gasteiger partial charge in [0.15, 0.2) is 0 Å². The van der Waals surface area contributed by atoms with Crippen molar-refractivity contribution in [2.45, 2.75) is 20.3 Å². The molecule has 2 aromatic rings. The van der Waals surface area contributed by atoms with Gasteiger partial charge in [0.05, 0.1) is 10.5 Å². The van der Waals surface area contributed by atoms with Crippen LogP contribution < -0.4 is 10.2 Å². The second kappa shape index (κ2) is 8.92. The quantitative estimate of drug-likeness (QED) is 0.579. The first-order chi connectivity index (χ1) is 14.3. The summed E-state index contributed by atoms with van der Waals surface area (Å²) in [6.45, 7) is 5.39. The lowest BCUT2D eigenvalue weighted by Gasteiger charge is -2.35. The van der Waals surface area contributed by atoms with Crippen LogP contribution in [0.2, 0.25) is 0 Å². The van der Waals surface area contributed by atoms with Gasteiger partial charge in [-0.2, -0.15) is 5.26 Å². The fourth-order valence-electron chi connectivity index (χ4n) is 3.31. The Morgan fingerprint density at radius 1 is 1.27 bits per heavy atom. The molecule has 156 valence electrons. The average molecular weight is 427 g/mol. The Kier molecular flexibility index (Phi) is 6.32. The summed E-state index contributed by atoms with van der Waals surface area (Å²) in [5.41, 5.74) is 0.768. The highest BCUT2D eigenvalue weighted by Gasteiger charge is 2.26. The highest BCUT2D eigenvalue weighted by molar-refractivity contribution is 7.16. The molecule has 0 aliphatic carbocycles. The van der Waals surface area contributed by atoms with Gasteiger partial charge in [-0.3, -0.25) is 19.7 Å². The lowest BCUT2D eigenvalue weighted by molar-refractivity contribution is -0.384. The fourth-order valence-corrected chi connectivity index (χ4v) is 4.25. The number of aryl methyl sites for hydroxylation is 1. The highest BCUT2D eigenvalue weighted by Crippen LogP contribution is 2.32. The second-order valence-corrected chi connectivity index (χ2v) is 7.97. The monoisotopic (exact) mass is 427 g/mol. The first kappa shape index (κ1) is 21.3. The summed E-state index contributed by atoms with van der Waals surface area (Å²) in [7, 11) is 0. The molecule has 1 saturated heterocycles. The number of hydrogen-bond donors (Lipinski definition) is 1. The van der Waals surface area contributed by atoms with Crippen molar-refractivity contribution >= 4 is 39.5 Å². The summed E-state index contributed by atoms with van der Waals surface area (Å²) in [6.07, 6.45) is 0.742. The van der Waals surface area contributed by atoms with E-state index in [-0.39, 0.29) is 17.2 Å². The first-order valence-corrected chi connectivity index (χ1v) is 10.3. The normalized spacial score (nSPS) is 13.6. The zero-order valence-electron chi connectivity index (χ0n) is 16.7. The van der Waals surface area contributed by atoms with E-state index in [0.29, 0.717) is 42.4 Å². The number of nitrogens with zero attached hydrogens (tertiary/aromatic N) is 4. The number of carbonyl (C=O) groups is 2. The van der Waals surface area contributed by atoms with Gasteiger partial charge in [-0.05, 0) is 24.6 Å². The molecule has 3 rings (SSSR count). The van der Waals surface area contributed by atoms with Gasteiger partial charge in [0.2, 0.25) is 5.91 Å². The predicted octanol–water partition coefficient (Wildman–Crippen LogP) is 3.01. The number of nitro groups is 1. The molecule has 1 aliphatic heterocycles. The van der Waals surface area contributed by atoms with Crippen LogP contribution in [-0.2, 0) is 11.2 Å². The molecule has 0 bridgehead atoms. The molecule has 0 atom stereocenters. The molecule has 9 nitrogen and oxygen atoms in total. The van der Waals surface area contributed by atoms with Gasteiger partial charge in [0, 0.05) is 49.6 Å². The molecule has 0 radical (unpaired) electrons. The van der Waals surface area contributed by atoms with Gasteiger partial charge < -0.3 is 15.1 Å². The fraction of sp³-hybridized carbons (Fsp3) is 0.350. The topological polar surface area (TPSA) is 120 Å². The number of rotatable bonds is 5. The smallest absolute Gasteiger partial charge is 0.293 e. The van der Waals surface area contributed by atoms with Crippen molar-refractivity contribution in [2.75, 3.05) is 36.4 Å². The maximum Gasteiger partial charge on any atom is 0.293 e. The molecular formula is C20H21N5O4S. The number of hydrogen-bond acceptors (Lipinski definition) is 7. The van der Waals surface area contributed by atoms with E-state index in [1.807, 2.05) is 11.8 Å². The van der Waals surface area contributed by atoms with Crippen LogP contribution in [0.15, 0.2) is 24.3 Å². The minimum atomic E-state index is -0.509. The zero-order chi connectivity index (χ0) is 21.8. The van der Waals surface area contributed by atoms with Crippen LogP contribution in [0.5, 0.6) is 0 Å². The lowest BCUT2D eigenvalue weighted by Crippen LogP contribution is -2.48. The Morgan fingerprint density at radius 3 is 2.53 bits per heavy atom. The summed E-state index contributed by atoms with van der Waals surface area (Å²) in [5, 5.41) is 24.0. The predicted molar refractivity (Wildman–Crippen MR) is 114 cm³/mol. The molecule has 1 fully saturated rings. The molecule has 1 aromatic heterocycles. The maximum absolute atomic E-state index is 12.7. The standard InChI is InChI=1S/C20H21N5O4S/c1-3-16-10-15(12-21)20(30-16)22-19(27)14-4-5-17(18(11-14)25(28)29)24-8-6-23(7-9-24)13(2)26/h4-5,10-11H,3,6-9H2,1-2H3,(H,22,27). The number of piperazine rings is 1. The Morgan fingerprint density at radius 2 is 1.97 bits per heavy atom. The molecule has 1 aromatic carbocycles. The largest absolute Gasteiger partial charge is 0.362 e. The Balaban J connectivity index is 1.82. The van der Waals surface area contributed by atoms with E-state index in [9.17, 15) is 25.0 Å². The molecule has 10 heteroatoms. The highest BCUT2D eigenvalue weighted by atomic mass is 32.1. The molecule has 30 heavy (non-hydrogen) atoms. The van der Waals surface area contributed by atoms with Crippen LogP contribution in [0, 0.1) is 21.4 Å². The van der Waals surface area contributed by atoms with Crippen LogP contribution in [-0.4, -0.2) is 47.8 Å². The van der Waals surface area contributed by atoms with Gasteiger partial charge in [0.25, 0.3) is 11.6 Å². The minimum Gasteiger partial charge on any atom is -0.362 e. The summed E-state index contributed by atoms with van der Waals surface area (Å²) < 4.78 is 0. The summed E-state index contributed by atoms with van der Waals surface area (Å²) >= 11 is 1.32. The minimum absolute atomic E-state index is 0.0206. The molecule has 1 N–H and O–H groups in total. The molecule has 0 spiro atoms. The van der Waals surface area contributed by atoms with Crippen molar-refractivity contribution in [3.63, 3.8) is 0 Å². The lowest BCUT2D eigenvalue weighted by atomic mass is 10.1. The summed E-state index contributed by atoms with van der Waals surface area (Å²) in [4.78, 5) is 39.8. The Hall–Kier alpha value is -3.45. The molecule has 0 unspecified atom stereocenters. The van der Waals surface area contributed by atoms with Gasteiger partial charge in [-0.25, -0.2) is 0 Å². The van der Waals surface area contributed by atoms with E-state index < -0.39 is 10.8 Å². The number of nitro benzene ring substituents is 1. The number of anilines is 2. The van der Waals surface area contributed by atoms with Crippen LogP contribution >= 0.6 is 11.3 Å². The number of nitriles is 1. The van der Waals surface area contributed by atoms with Crippen molar-refractivity contribution in [3.8, 4) is 6.07 Å². The van der Waals surface area contributed by atoms with E-state index in [0.717, 1.165) is 11.3 Å². The maximum atomic E-state index is 12.7. The van der Waals surface area contributed by atoms with Gasteiger partial charge in [-0.1, -0.05) is 6.92 Å². The average Bonchev–Trinajstić information content (AvgIpc) is 3.15. The van der Waals surface area contributed by atoms with E-state index in [2.05, 4.69) is 11.4 Å². The van der Waals surface area contributed by atoms with Crippen LogP contribution in [0.4, 0.5) is 16.4 Å². The third-order valence-corrected chi connectivity index (χ3v) is 6.17. The van der Waals surface area contributed by atoms with E-state index in [1.165, 1.54) is 30.4 Å². The van der Waals surface area contributed by atoms with E-state index in [4.69, 9.17) is 0 Å². The van der Waals surface area contributed by atoms with Crippen molar-refractivity contribution in [3.05, 3.63) is 50.4 Å². The first-order valence-electron chi connectivity index (χ1n) is 9.47. The molecule has 2 amide bonds. The number of nitrogens with one attached hydrogen (secondary N) is 1. The Bertz CT molecular complexity index is 1030. The van der Waals surface area contributed by atoms with Crippen molar-refractivity contribution in [1.82, 2.24) is 4.90 Å². The van der Waals surface area contributed by atoms with E-state index in [1.54, 1.807) is 17.0 Å². The number of benzene rings is 1. The van der Waals surface area contributed by atoms with Gasteiger partial charge >= 0.3 is 0 Å². The number of carbonyl (C=O) groups excluding carboxylic acids is 2. The zero-order valence-corrected chi connectivity index (χ0v) is 17.5. The van der Waals surface area contributed by atoms with Crippen LogP contribution in [0.1, 0.15) is 34.6 Å². The third kappa shape index (κ3) is 4.41. The summed E-state index contributed by atoms with van der Waals surface area (Å²) in [6, 6.07) is 8.13. The molecule has 1 aliphatic rings. The molecule has 0 saturated carbocycles. The van der Waals surface area contributed by atoms with E-state index >= 15 is 0 Å². The summed E-state index contributed by atoms with van der Waals surface area (Å²) in [5.74, 6) is -0.528. The molecule has 2 heterocycles. The van der Waals surface area contributed by atoms with Crippen LogP contribution in [0.25, 0.3) is 0 Å².